The number of hydrogen-bond acceptors (Lipinski definition) is 2. The van der Waals surface area contributed by atoms with Crippen LogP contribution in [0.2, 0.25) is 0 Å². The largest absolute Gasteiger partial charge is 0.472 e. The van der Waals surface area contributed by atoms with Gasteiger partial charge >= 0.3 is 0 Å². The van der Waals surface area contributed by atoms with Crippen LogP contribution in [0.1, 0.15) is 46.2 Å². The summed E-state index contributed by atoms with van der Waals surface area (Å²) in [4.78, 5) is 0. The molecule has 90 valence electrons. The van der Waals surface area contributed by atoms with E-state index in [-0.39, 0.29) is 0 Å². The first-order valence-corrected chi connectivity index (χ1v) is 6.13. The third kappa shape index (κ3) is 1.69. The lowest BCUT2D eigenvalue weighted by Gasteiger charge is -2.12. The van der Waals surface area contributed by atoms with Crippen molar-refractivity contribution in [1.29, 1.82) is 0 Å². The fourth-order valence-electron chi connectivity index (χ4n) is 2.78. The molecule has 16 heavy (non-hydrogen) atoms. The smallest absolute Gasteiger partial charge is 0.0950 e. The molecule has 0 radical (unpaired) electrons. The Balaban J connectivity index is 1.86. The van der Waals surface area contributed by atoms with Crippen LogP contribution in [0.25, 0.3) is 0 Å². The van der Waals surface area contributed by atoms with Crippen molar-refractivity contribution in [3.05, 3.63) is 24.2 Å². The molecule has 1 saturated carbocycles. The molecule has 1 aromatic rings. The van der Waals surface area contributed by atoms with Crippen LogP contribution < -0.4 is 5.32 Å². The SMILES string of the molecule is CC(NCC1C(C)(C)C1(C)C)c1ccoc1. The first kappa shape index (κ1) is 11.7. The molecule has 1 atom stereocenters. The third-order valence-electron chi connectivity index (χ3n) is 4.99. The number of nitrogens with one attached hydrogen (secondary N) is 1. The standard InChI is InChI=1S/C14H23NO/c1-10(11-6-7-16-9-11)15-8-12-13(2,3)14(12,4)5/h6-7,9-10,12,15H,8H2,1-5H3. The van der Waals surface area contributed by atoms with Crippen molar-refractivity contribution in [3.63, 3.8) is 0 Å². The van der Waals surface area contributed by atoms with Crippen molar-refractivity contribution in [2.24, 2.45) is 16.7 Å². The fourth-order valence-corrected chi connectivity index (χ4v) is 2.78. The normalized spacial score (nSPS) is 24.3. The zero-order valence-electron chi connectivity index (χ0n) is 11.0. The molecule has 2 rings (SSSR count). The maximum atomic E-state index is 5.10. The topological polar surface area (TPSA) is 25.2 Å². The Morgan fingerprint density at radius 2 is 1.94 bits per heavy atom. The summed E-state index contributed by atoms with van der Waals surface area (Å²) in [6.45, 7) is 12.7. The van der Waals surface area contributed by atoms with E-state index < -0.39 is 0 Å². The van der Waals surface area contributed by atoms with Gasteiger partial charge in [0.2, 0.25) is 0 Å². The predicted octanol–water partition coefficient (Wildman–Crippen LogP) is 3.61. The minimum absolute atomic E-state index is 0.381. The number of hydrogen-bond donors (Lipinski definition) is 1. The van der Waals surface area contributed by atoms with Crippen molar-refractivity contribution in [2.75, 3.05) is 6.54 Å². The van der Waals surface area contributed by atoms with Gasteiger partial charge in [-0.05, 0) is 36.3 Å². The summed E-state index contributed by atoms with van der Waals surface area (Å²) < 4.78 is 5.10. The lowest BCUT2D eigenvalue weighted by Crippen LogP contribution is -2.22. The van der Waals surface area contributed by atoms with Crippen molar-refractivity contribution in [3.8, 4) is 0 Å². The zero-order chi connectivity index (χ0) is 12.0. The van der Waals surface area contributed by atoms with E-state index in [1.165, 1.54) is 5.56 Å². The molecule has 0 bridgehead atoms. The molecule has 0 aromatic carbocycles. The Labute approximate surface area is 98.4 Å². The first-order chi connectivity index (χ1) is 7.37. The van der Waals surface area contributed by atoms with Crippen molar-refractivity contribution >= 4 is 0 Å². The summed E-state index contributed by atoms with van der Waals surface area (Å²) in [6.07, 6.45) is 3.55. The maximum Gasteiger partial charge on any atom is 0.0950 e. The predicted molar refractivity (Wildman–Crippen MR) is 66.2 cm³/mol. The Morgan fingerprint density at radius 3 is 2.38 bits per heavy atom. The summed E-state index contributed by atoms with van der Waals surface area (Å²) in [6, 6.07) is 2.41. The highest BCUT2D eigenvalue weighted by Gasteiger charge is 2.63. The van der Waals surface area contributed by atoms with Gasteiger partial charge in [0.1, 0.15) is 0 Å². The van der Waals surface area contributed by atoms with E-state index in [1.54, 1.807) is 6.26 Å². The van der Waals surface area contributed by atoms with E-state index >= 15 is 0 Å². The molecular formula is C14H23NO. The van der Waals surface area contributed by atoms with Crippen LogP contribution in [0.4, 0.5) is 0 Å². The van der Waals surface area contributed by atoms with Gasteiger partial charge in [-0.3, -0.25) is 0 Å². The van der Waals surface area contributed by atoms with Gasteiger partial charge in [-0.2, -0.15) is 0 Å². The second-order valence-corrected chi connectivity index (χ2v) is 6.18. The summed E-state index contributed by atoms with van der Waals surface area (Å²) in [7, 11) is 0. The minimum Gasteiger partial charge on any atom is -0.472 e. The average Bonchev–Trinajstić information content (AvgIpc) is 2.66. The molecular weight excluding hydrogens is 198 g/mol. The van der Waals surface area contributed by atoms with Crippen LogP contribution in [0.3, 0.4) is 0 Å². The summed E-state index contributed by atoms with van der Waals surface area (Å²) in [5, 5.41) is 3.60. The van der Waals surface area contributed by atoms with E-state index in [0.717, 1.165) is 12.5 Å². The van der Waals surface area contributed by atoms with E-state index in [0.29, 0.717) is 16.9 Å². The highest BCUT2D eigenvalue weighted by molar-refractivity contribution is 5.14. The van der Waals surface area contributed by atoms with Gasteiger partial charge in [-0.1, -0.05) is 27.7 Å². The Kier molecular flexibility index (Phi) is 2.66. The lowest BCUT2D eigenvalue weighted by molar-refractivity contribution is 0.457. The fraction of sp³-hybridized carbons (Fsp3) is 0.714. The molecule has 1 aliphatic carbocycles. The summed E-state index contributed by atoms with van der Waals surface area (Å²) >= 11 is 0. The molecule has 0 saturated heterocycles. The van der Waals surface area contributed by atoms with E-state index in [4.69, 9.17) is 4.42 Å². The Morgan fingerprint density at radius 1 is 1.31 bits per heavy atom. The van der Waals surface area contributed by atoms with Gasteiger partial charge < -0.3 is 9.73 Å². The van der Waals surface area contributed by atoms with Crippen molar-refractivity contribution in [1.82, 2.24) is 5.32 Å². The van der Waals surface area contributed by atoms with Crippen molar-refractivity contribution < 1.29 is 4.42 Å². The molecule has 0 aliphatic heterocycles. The highest BCUT2D eigenvalue weighted by atomic mass is 16.3. The van der Waals surface area contributed by atoms with Gasteiger partial charge in [0.15, 0.2) is 0 Å². The molecule has 1 heterocycles. The van der Waals surface area contributed by atoms with Crippen LogP contribution in [0.5, 0.6) is 0 Å². The molecule has 1 fully saturated rings. The van der Waals surface area contributed by atoms with Crippen LogP contribution in [-0.4, -0.2) is 6.54 Å². The molecule has 1 aromatic heterocycles. The molecule has 2 heteroatoms. The van der Waals surface area contributed by atoms with Gasteiger partial charge in [-0.25, -0.2) is 0 Å². The Bertz CT molecular complexity index is 337. The number of furan rings is 1. The summed E-state index contributed by atoms with van der Waals surface area (Å²) in [5.41, 5.74) is 2.17. The first-order valence-electron chi connectivity index (χ1n) is 6.13. The molecule has 1 aliphatic rings. The van der Waals surface area contributed by atoms with E-state index in [1.807, 2.05) is 12.3 Å². The summed E-state index contributed by atoms with van der Waals surface area (Å²) in [5.74, 6) is 0.773. The highest BCUT2D eigenvalue weighted by Crippen LogP contribution is 2.68. The second-order valence-electron chi connectivity index (χ2n) is 6.18. The molecule has 1 N–H and O–H groups in total. The Hall–Kier alpha value is -0.760. The van der Waals surface area contributed by atoms with Crippen molar-refractivity contribution in [2.45, 2.75) is 40.7 Å². The van der Waals surface area contributed by atoms with Gasteiger partial charge in [0.05, 0.1) is 12.5 Å². The average molecular weight is 221 g/mol. The minimum atomic E-state index is 0.381. The van der Waals surface area contributed by atoms with E-state index in [2.05, 4.69) is 39.9 Å². The molecule has 1 unspecified atom stereocenters. The van der Waals surface area contributed by atoms with Crippen LogP contribution >= 0.6 is 0 Å². The van der Waals surface area contributed by atoms with Crippen LogP contribution in [0.15, 0.2) is 23.0 Å². The molecule has 2 nitrogen and oxygen atoms in total. The number of rotatable bonds is 4. The zero-order valence-corrected chi connectivity index (χ0v) is 11.0. The quantitative estimate of drug-likeness (QED) is 0.840. The lowest BCUT2D eigenvalue weighted by atomic mass is 10.0. The van der Waals surface area contributed by atoms with Gasteiger partial charge in [0.25, 0.3) is 0 Å². The van der Waals surface area contributed by atoms with Gasteiger partial charge in [0, 0.05) is 11.6 Å². The van der Waals surface area contributed by atoms with E-state index in [9.17, 15) is 0 Å². The maximum absolute atomic E-state index is 5.10. The third-order valence-corrected chi connectivity index (χ3v) is 4.99. The van der Waals surface area contributed by atoms with Gasteiger partial charge in [-0.15, -0.1) is 0 Å². The second kappa shape index (κ2) is 3.63. The monoisotopic (exact) mass is 221 g/mol. The molecule has 0 spiro atoms. The van der Waals surface area contributed by atoms with Crippen LogP contribution in [-0.2, 0) is 0 Å². The van der Waals surface area contributed by atoms with Crippen LogP contribution in [0, 0.1) is 16.7 Å². The molecule has 0 amide bonds.